The Labute approximate surface area is 196 Å². The molecule has 0 aromatic heterocycles. The second-order valence-corrected chi connectivity index (χ2v) is 8.07. The average Bonchev–Trinajstić information content (AvgIpc) is 2.77. The molecule has 8 N–H and O–H groups in total. The van der Waals surface area contributed by atoms with Crippen molar-refractivity contribution < 1.29 is 39.3 Å². The smallest absolute Gasteiger partial charge is 0.326 e. The molecule has 12 nitrogen and oxygen atoms in total. The normalized spacial score (nSPS) is 15.2. The Morgan fingerprint density at radius 2 is 1.44 bits per heavy atom. The summed E-state index contributed by atoms with van der Waals surface area (Å²) in [4.78, 5) is 60.2. The Kier molecular flexibility index (Phi) is 11.0. The number of nitrogens with two attached hydrogens (primary N) is 1. The highest BCUT2D eigenvalue weighted by atomic mass is 16.4. The van der Waals surface area contributed by atoms with Gasteiger partial charge in [0.25, 0.3) is 0 Å². The third kappa shape index (κ3) is 9.06. The number of phenolic OH excluding ortho intramolecular Hbond substituents is 1. The lowest BCUT2D eigenvalue weighted by Gasteiger charge is -2.24. The van der Waals surface area contributed by atoms with Gasteiger partial charge in [-0.15, -0.1) is 0 Å². The van der Waals surface area contributed by atoms with E-state index in [9.17, 15) is 34.2 Å². The molecular weight excluding hydrogens is 448 g/mol. The van der Waals surface area contributed by atoms with Crippen LogP contribution in [0.15, 0.2) is 24.3 Å². The van der Waals surface area contributed by atoms with Crippen molar-refractivity contribution in [3.63, 3.8) is 0 Å². The van der Waals surface area contributed by atoms with Crippen LogP contribution in [0, 0.1) is 5.92 Å². The van der Waals surface area contributed by atoms with Crippen LogP contribution >= 0.6 is 0 Å². The number of nitrogens with one attached hydrogen (secondary N) is 3. The highest BCUT2D eigenvalue weighted by Gasteiger charge is 2.30. The Bertz CT molecular complexity index is 889. The topological polar surface area (TPSA) is 208 Å². The number of aromatic hydroxyl groups is 1. The van der Waals surface area contributed by atoms with Crippen LogP contribution < -0.4 is 21.7 Å². The lowest BCUT2D eigenvalue weighted by atomic mass is 9.99. The summed E-state index contributed by atoms with van der Waals surface area (Å²) >= 11 is 0. The third-order valence-corrected chi connectivity index (χ3v) is 5.31. The highest BCUT2D eigenvalue weighted by molar-refractivity contribution is 5.95. The van der Waals surface area contributed by atoms with Gasteiger partial charge < -0.3 is 37.0 Å². The zero-order valence-electron chi connectivity index (χ0n) is 19.3. The van der Waals surface area contributed by atoms with Crippen LogP contribution in [-0.2, 0) is 30.4 Å². The van der Waals surface area contributed by atoms with Crippen molar-refractivity contribution in [2.75, 3.05) is 0 Å². The Hall–Kier alpha value is -3.67. The van der Waals surface area contributed by atoms with E-state index in [1.54, 1.807) is 6.92 Å². The summed E-state index contributed by atoms with van der Waals surface area (Å²) in [5.74, 6) is -5.36. The summed E-state index contributed by atoms with van der Waals surface area (Å²) in [6.45, 7) is 4.98. The molecule has 34 heavy (non-hydrogen) atoms. The fourth-order valence-corrected chi connectivity index (χ4v) is 2.91. The van der Waals surface area contributed by atoms with Crippen molar-refractivity contribution in [2.24, 2.45) is 11.7 Å². The summed E-state index contributed by atoms with van der Waals surface area (Å²) in [5, 5.41) is 34.8. The Balaban J connectivity index is 2.87. The van der Waals surface area contributed by atoms with Crippen LogP contribution in [-0.4, -0.2) is 69.1 Å². The zero-order valence-corrected chi connectivity index (χ0v) is 19.3. The van der Waals surface area contributed by atoms with Gasteiger partial charge in [0, 0.05) is 6.42 Å². The first kappa shape index (κ1) is 28.4. The van der Waals surface area contributed by atoms with Gasteiger partial charge >= 0.3 is 11.9 Å². The van der Waals surface area contributed by atoms with Gasteiger partial charge in [-0.25, -0.2) is 4.79 Å². The number of carboxylic acids is 2. The molecule has 188 valence electrons. The second kappa shape index (κ2) is 13.1. The van der Waals surface area contributed by atoms with Gasteiger partial charge in [0.15, 0.2) is 0 Å². The van der Waals surface area contributed by atoms with Crippen molar-refractivity contribution in [3.05, 3.63) is 29.8 Å². The minimum atomic E-state index is -1.59. The van der Waals surface area contributed by atoms with Gasteiger partial charge in [-0.05, 0) is 30.5 Å². The zero-order chi connectivity index (χ0) is 26.0. The Morgan fingerprint density at radius 1 is 0.882 bits per heavy atom. The number of aliphatic carboxylic acids is 2. The van der Waals surface area contributed by atoms with Gasteiger partial charge in [0.2, 0.25) is 17.7 Å². The summed E-state index contributed by atoms with van der Waals surface area (Å²) in [7, 11) is 0. The Morgan fingerprint density at radius 3 is 1.94 bits per heavy atom. The number of phenols is 1. The van der Waals surface area contributed by atoms with Crippen LogP contribution in [0.1, 0.15) is 39.2 Å². The van der Waals surface area contributed by atoms with Crippen molar-refractivity contribution in [1.29, 1.82) is 0 Å². The molecule has 1 aromatic carbocycles. The lowest BCUT2D eigenvalue weighted by Crippen LogP contribution is -2.57. The first-order valence-electron chi connectivity index (χ1n) is 10.7. The van der Waals surface area contributed by atoms with Gasteiger partial charge in [-0.3, -0.25) is 19.2 Å². The minimum absolute atomic E-state index is 0.0183. The highest BCUT2D eigenvalue weighted by Crippen LogP contribution is 2.12. The molecule has 1 rings (SSSR count). The van der Waals surface area contributed by atoms with Gasteiger partial charge in [0.05, 0.1) is 12.5 Å². The van der Waals surface area contributed by atoms with Crippen LogP contribution in [0.3, 0.4) is 0 Å². The predicted octanol–water partition coefficient (Wildman–Crippen LogP) is -0.658. The van der Waals surface area contributed by atoms with E-state index in [4.69, 9.17) is 10.8 Å². The van der Waals surface area contributed by atoms with E-state index in [1.807, 2.05) is 6.92 Å². The molecule has 5 unspecified atom stereocenters. The van der Waals surface area contributed by atoms with Gasteiger partial charge in [0.1, 0.15) is 23.9 Å². The predicted molar refractivity (Wildman–Crippen MR) is 121 cm³/mol. The molecule has 0 aliphatic heterocycles. The SMILES string of the molecule is CCC(C)C(N)C(=O)NC(C)C(=O)NC(CC(=O)O)C(=O)NC(Cc1ccc(O)cc1)C(=O)O. The van der Waals surface area contributed by atoms with Crippen molar-refractivity contribution in [3.8, 4) is 5.75 Å². The van der Waals surface area contributed by atoms with E-state index in [0.29, 0.717) is 12.0 Å². The summed E-state index contributed by atoms with van der Waals surface area (Å²) in [5.41, 5.74) is 6.33. The standard InChI is InChI=1S/C22H32N4O8/c1-4-11(2)18(23)21(32)24-12(3)19(30)25-15(10-17(28)29)20(31)26-16(22(33)34)9-13-5-7-14(27)8-6-13/h5-8,11-12,15-16,18,27H,4,9-10,23H2,1-3H3,(H,24,32)(H,25,30)(H,26,31)(H,28,29)(H,33,34). The number of hydrogen-bond donors (Lipinski definition) is 7. The number of carboxylic acid groups (broad SMARTS) is 2. The molecule has 0 spiro atoms. The maximum atomic E-state index is 12.7. The van der Waals surface area contributed by atoms with Crippen LogP contribution in [0.4, 0.5) is 0 Å². The minimum Gasteiger partial charge on any atom is -0.508 e. The molecular formula is C22H32N4O8. The molecule has 3 amide bonds. The van der Waals surface area contributed by atoms with Crippen LogP contribution in [0.2, 0.25) is 0 Å². The molecule has 1 aromatic rings. The fourth-order valence-electron chi connectivity index (χ4n) is 2.91. The number of hydrogen-bond acceptors (Lipinski definition) is 7. The largest absolute Gasteiger partial charge is 0.508 e. The van der Waals surface area contributed by atoms with Crippen LogP contribution in [0.5, 0.6) is 5.75 Å². The van der Waals surface area contributed by atoms with Crippen molar-refractivity contribution in [2.45, 2.75) is 64.2 Å². The number of carbonyl (C=O) groups is 5. The van der Waals surface area contributed by atoms with Gasteiger partial charge in [-0.1, -0.05) is 32.4 Å². The third-order valence-electron chi connectivity index (χ3n) is 5.31. The number of benzene rings is 1. The maximum absolute atomic E-state index is 12.7. The summed E-state index contributed by atoms with van der Waals surface area (Å²) < 4.78 is 0. The first-order valence-corrected chi connectivity index (χ1v) is 10.7. The summed E-state index contributed by atoms with van der Waals surface area (Å²) in [6.07, 6.45) is -0.309. The molecule has 0 heterocycles. The maximum Gasteiger partial charge on any atom is 0.326 e. The van der Waals surface area contributed by atoms with E-state index in [-0.39, 0.29) is 18.1 Å². The van der Waals surface area contributed by atoms with Crippen molar-refractivity contribution in [1.82, 2.24) is 16.0 Å². The monoisotopic (exact) mass is 480 g/mol. The fraction of sp³-hybridized carbons (Fsp3) is 0.500. The lowest BCUT2D eigenvalue weighted by molar-refractivity contribution is -0.143. The molecule has 0 aliphatic carbocycles. The number of rotatable bonds is 13. The molecule has 5 atom stereocenters. The van der Waals surface area contributed by atoms with Crippen molar-refractivity contribution >= 4 is 29.7 Å². The molecule has 0 radical (unpaired) electrons. The molecule has 0 saturated carbocycles. The molecule has 12 heteroatoms. The summed E-state index contributed by atoms with van der Waals surface area (Å²) in [6, 6.07) is 0.669. The number of carbonyl (C=O) groups excluding carboxylic acids is 3. The second-order valence-electron chi connectivity index (χ2n) is 8.07. The van der Waals surface area contributed by atoms with E-state index in [1.165, 1.54) is 31.2 Å². The molecule has 0 bridgehead atoms. The van der Waals surface area contributed by atoms with E-state index < -0.39 is 60.2 Å². The molecule has 0 saturated heterocycles. The van der Waals surface area contributed by atoms with Crippen LogP contribution in [0.25, 0.3) is 0 Å². The quantitative estimate of drug-likeness (QED) is 0.191. The van der Waals surface area contributed by atoms with Gasteiger partial charge in [-0.2, -0.15) is 0 Å². The van der Waals surface area contributed by atoms with E-state index in [2.05, 4.69) is 16.0 Å². The molecule has 0 aliphatic rings. The van der Waals surface area contributed by atoms with E-state index in [0.717, 1.165) is 0 Å². The first-order chi connectivity index (χ1) is 15.8. The number of amides is 3. The van der Waals surface area contributed by atoms with E-state index >= 15 is 0 Å². The molecule has 0 fully saturated rings. The average molecular weight is 481 g/mol.